The van der Waals surface area contributed by atoms with Crippen LogP contribution in [0.15, 0.2) is 18.2 Å². The summed E-state index contributed by atoms with van der Waals surface area (Å²) in [5.41, 5.74) is -1.17. The third-order valence-electron chi connectivity index (χ3n) is 2.33. The molecule has 0 saturated carbocycles. The van der Waals surface area contributed by atoms with Gasteiger partial charge in [0.1, 0.15) is 12.0 Å². The molecule has 0 unspecified atom stereocenters. The van der Waals surface area contributed by atoms with Gasteiger partial charge in [0.05, 0.1) is 22.5 Å². The van der Waals surface area contributed by atoms with Crippen molar-refractivity contribution >= 4 is 17.7 Å². The number of ether oxygens (including phenoxy) is 1. The van der Waals surface area contributed by atoms with Crippen LogP contribution in [0.4, 0.5) is 11.4 Å². The van der Waals surface area contributed by atoms with Crippen molar-refractivity contribution in [2.45, 2.75) is 19.3 Å². The van der Waals surface area contributed by atoms with Gasteiger partial charge in [0.15, 0.2) is 0 Å². The van der Waals surface area contributed by atoms with E-state index in [1.807, 2.05) is 0 Å². The summed E-state index contributed by atoms with van der Waals surface area (Å²) in [6, 6.07) is 3.38. The number of rotatable bonds is 8. The van der Waals surface area contributed by atoms with Crippen LogP contribution < -0.4 is 4.74 Å². The minimum absolute atomic E-state index is 0.198. The molecule has 0 radical (unpaired) electrons. The second-order valence-electron chi connectivity index (χ2n) is 3.68. The fourth-order valence-corrected chi connectivity index (χ4v) is 1.41. The van der Waals surface area contributed by atoms with Gasteiger partial charge in [-0.05, 0) is 18.9 Å². The number of aldehydes is 1. The summed E-state index contributed by atoms with van der Waals surface area (Å²) in [7, 11) is 0. The molecule has 0 bridgehead atoms. The molecule has 0 atom stereocenters. The first-order chi connectivity index (χ1) is 9.06. The van der Waals surface area contributed by atoms with E-state index in [-0.39, 0.29) is 5.75 Å². The number of hydrogen-bond acceptors (Lipinski definition) is 6. The zero-order chi connectivity index (χ0) is 14.3. The summed E-state index contributed by atoms with van der Waals surface area (Å²) in [6.07, 6.45) is 2.53. The maximum Gasteiger partial charge on any atom is 0.349 e. The first-order valence-corrected chi connectivity index (χ1v) is 5.55. The van der Waals surface area contributed by atoms with Crippen molar-refractivity contribution in [2.75, 3.05) is 6.61 Å². The van der Waals surface area contributed by atoms with Gasteiger partial charge in [-0.25, -0.2) is 0 Å². The Kier molecular flexibility index (Phi) is 5.39. The van der Waals surface area contributed by atoms with Gasteiger partial charge < -0.3 is 9.53 Å². The van der Waals surface area contributed by atoms with Crippen molar-refractivity contribution in [1.82, 2.24) is 0 Å². The van der Waals surface area contributed by atoms with Crippen LogP contribution in [0.3, 0.4) is 0 Å². The molecule has 1 rings (SSSR count). The van der Waals surface area contributed by atoms with Gasteiger partial charge in [-0.3, -0.25) is 20.2 Å². The molecular formula is C11H12N2O6. The Morgan fingerprint density at radius 1 is 1.11 bits per heavy atom. The molecule has 1 aromatic rings. The number of nitrogens with zero attached hydrogens (tertiary/aromatic N) is 2. The highest BCUT2D eigenvalue weighted by molar-refractivity contribution is 5.55. The van der Waals surface area contributed by atoms with Crippen molar-refractivity contribution in [3.05, 3.63) is 38.4 Å². The van der Waals surface area contributed by atoms with Gasteiger partial charge in [0.2, 0.25) is 0 Å². The zero-order valence-electron chi connectivity index (χ0n) is 9.98. The smallest absolute Gasteiger partial charge is 0.349 e. The minimum Gasteiger partial charge on any atom is -0.493 e. The average Bonchev–Trinajstić information content (AvgIpc) is 2.38. The lowest BCUT2D eigenvalue weighted by Crippen LogP contribution is -2.00. The van der Waals surface area contributed by atoms with E-state index in [0.717, 1.165) is 18.4 Å². The molecule has 0 fully saturated rings. The Hall–Kier alpha value is -2.51. The second kappa shape index (κ2) is 7.04. The van der Waals surface area contributed by atoms with Crippen LogP contribution in [0.5, 0.6) is 5.75 Å². The Morgan fingerprint density at radius 2 is 1.79 bits per heavy atom. The third kappa shape index (κ3) is 4.34. The largest absolute Gasteiger partial charge is 0.493 e. The highest BCUT2D eigenvalue weighted by atomic mass is 16.6. The quantitative estimate of drug-likeness (QED) is 0.309. The van der Waals surface area contributed by atoms with Gasteiger partial charge in [0.25, 0.3) is 0 Å². The van der Waals surface area contributed by atoms with Crippen LogP contribution in [0, 0.1) is 20.2 Å². The third-order valence-corrected chi connectivity index (χ3v) is 2.33. The van der Waals surface area contributed by atoms with Gasteiger partial charge in [0, 0.05) is 12.5 Å². The predicted octanol–water partition coefficient (Wildman–Crippen LogP) is 2.25. The number of benzene rings is 1. The molecule has 0 heterocycles. The van der Waals surface area contributed by atoms with Crippen molar-refractivity contribution in [3.63, 3.8) is 0 Å². The monoisotopic (exact) mass is 268 g/mol. The number of carbonyl (C=O) groups is 1. The van der Waals surface area contributed by atoms with Crippen LogP contribution in [0.2, 0.25) is 0 Å². The van der Waals surface area contributed by atoms with Crippen LogP contribution in [0.1, 0.15) is 19.3 Å². The lowest BCUT2D eigenvalue weighted by molar-refractivity contribution is -0.422. The fraction of sp³-hybridized carbons (Fsp3) is 0.364. The van der Waals surface area contributed by atoms with Gasteiger partial charge in [-0.2, -0.15) is 0 Å². The molecule has 0 N–H and O–H groups in total. The Balaban J connectivity index is 2.70. The minimum atomic E-state index is -0.822. The van der Waals surface area contributed by atoms with E-state index in [1.165, 1.54) is 6.07 Å². The van der Waals surface area contributed by atoms with Gasteiger partial charge in [-0.15, -0.1) is 0 Å². The Labute approximate surface area is 108 Å². The molecule has 0 spiro atoms. The van der Waals surface area contributed by atoms with Crippen LogP contribution in [0.25, 0.3) is 0 Å². The average molecular weight is 268 g/mol. The van der Waals surface area contributed by atoms with E-state index in [4.69, 9.17) is 4.74 Å². The first-order valence-electron chi connectivity index (χ1n) is 5.55. The molecule has 19 heavy (non-hydrogen) atoms. The molecule has 0 amide bonds. The summed E-state index contributed by atoms with van der Waals surface area (Å²) in [5.74, 6) is 0.198. The number of nitro benzene ring substituents is 2. The lowest BCUT2D eigenvalue weighted by Gasteiger charge is -2.05. The van der Waals surface area contributed by atoms with Crippen LogP contribution in [-0.2, 0) is 4.79 Å². The van der Waals surface area contributed by atoms with Crippen LogP contribution >= 0.6 is 0 Å². The molecule has 1 aromatic carbocycles. The topological polar surface area (TPSA) is 113 Å². The summed E-state index contributed by atoms with van der Waals surface area (Å²) in [4.78, 5) is 29.7. The van der Waals surface area contributed by atoms with Crippen molar-refractivity contribution in [1.29, 1.82) is 0 Å². The number of unbranched alkanes of at least 4 members (excludes halogenated alkanes) is 2. The fourth-order valence-electron chi connectivity index (χ4n) is 1.41. The maximum atomic E-state index is 10.7. The number of hydrogen-bond donors (Lipinski definition) is 0. The molecule has 8 nitrogen and oxygen atoms in total. The zero-order valence-corrected chi connectivity index (χ0v) is 9.98. The molecule has 0 aliphatic heterocycles. The van der Waals surface area contributed by atoms with E-state index in [2.05, 4.69) is 0 Å². The van der Waals surface area contributed by atoms with Gasteiger partial charge >= 0.3 is 11.4 Å². The van der Waals surface area contributed by atoms with Gasteiger partial charge in [-0.1, -0.05) is 0 Å². The molecule has 0 aromatic heterocycles. The highest BCUT2D eigenvalue weighted by Crippen LogP contribution is 2.30. The Bertz CT molecular complexity index is 488. The lowest BCUT2D eigenvalue weighted by atomic mass is 10.2. The predicted molar refractivity (Wildman–Crippen MR) is 65.2 cm³/mol. The van der Waals surface area contributed by atoms with E-state index < -0.39 is 21.2 Å². The number of nitro groups is 2. The van der Waals surface area contributed by atoms with Crippen molar-refractivity contribution < 1.29 is 19.4 Å². The maximum absolute atomic E-state index is 10.7. The van der Waals surface area contributed by atoms with E-state index >= 15 is 0 Å². The molecule has 0 aliphatic rings. The van der Waals surface area contributed by atoms with Crippen molar-refractivity contribution in [3.8, 4) is 5.75 Å². The first kappa shape index (κ1) is 14.6. The van der Waals surface area contributed by atoms with Crippen molar-refractivity contribution in [2.24, 2.45) is 0 Å². The van der Waals surface area contributed by atoms with Crippen LogP contribution in [-0.4, -0.2) is 22.7 Å². The summed E-state index contributed by atoms with van der Waals surface area (Å²) >= 11 is 0. The highest BCUT2D eigenvalue weighted by Gasteiger charge is 2.24. The Morgan fingerprint density at radius 3 is 2.37 bits per heavy atom. The summed E-state index contributed by atoms with van der Waals surface area (Å²) in [6.45, 7) is 0.294. The van der Waals surface area contributed by atoms with E-state index in [9.17, 15) is 25.0 Å². The second-order valence-corrected chi connectivity index (χ2v) is 3.68. The normalized spacial score (nSPS) is 9.89. The van der Waals surface area contributed by atoms with E-state index in [0.29, 0.717) is 25.9 Å². The molecular weight excluding hydrogens is 256 g/mol. The summed E-state index contributed by atoms with van der Waals surface area (Å²) in [5, 5.41) is 21.3. The molecule has 8 heteroatoms. The molecule has 0 aliphatic carbocycles. The molecule has 102 valence electrons. The van der Waals surface area contributed by atoms with E-state index in [1.54, 1.807) is 0 Å². The SMILES string of the molecule is O=CCCCCOc1ccc([N+](=O)[O-])c([N+](=O)[O-])c1. The summed E-state index contributed by atoms with van der Waals surface area (Å²) < 4.78 is 5.24. The standard InChI is InChI=1S/C11H12N2O6/c14-6-2-1-3-7-19-9-4-5-10(12(15)16)11(8-9)13(17)18/h4-6,8H,1-3,7H2. The molecule has 0 saturated heterocycles. The number of carbonyl (C=O) groups excluding carboxylic acids is 1.